The minimum atomic E-state index is -1.34. The van der Waals surface area contributed by atoms with Gasteiger partial charge in [-0.3, -0.25) is 10.1 Å². The molecule has 0 heterocycles. The summed E-state index contributed by atoms with van der Waals surface area (Å²) >= 11 is 0.841. The van der Waals surface area contributed by atoms with E-state index >= 15 is 0 Å². The van der Waals surface area contributed by atoms with Crippen LogP contribution in [0.15, 0.2) is 35.2 Å². The van der Waals surface area contributed by atoms with Gasteiger partial charge in [0.05, 0.1) is 0 Å². The van der Waals surface area contributed by atoms with Crippen LogP contribution in [0.25, 0.3) is 0 Å². The highest BCUT2D eigenvalue weighted by molar-refractivity contribution is 8.13. The van der Waals surface area contributed by atoms with Crippen LogP contribution in [-0.4, -0.2) is 16.4 Å². The zero-order valence-electron chi connectivity index (χ0n) is 6.56. The van der Waals surface area contributed by atoms with E-state index < -0.39 is 11.3 Å². The molecule has 1 aromatic carbocycles. The molecular formula is C8H7NO3S. The van der Waals surface area contributed by atoms with E-state index in [1.807, 2.05) is 6.07 Å². The number of nitrogens with one attached hydrogen (secondary N) is 1. The molecule has 0 bridgehead atoms. The summed E-state index contributed by atoms with van der Waals surface area (Å²) in [7, 11) is 0. The average molecular weight is 197 g/mol. The van der Waals surface area contributed by atoms with Crippen molar-refractivity contribution in [2.75, 3.05) is 0 Å². The van der Waals surface area contributed by atoms with Gasteiger partial charge in [0.15, 0.2) is 0 Å². The number of amides is 2. The Hall–Kier alpha value is -1.49. The first-order valence-electron chi connectivity index (χ1n) is 3.45. The first kappa shape index (κ1) is 9.60. The summed E-state index contributed by atoms with van der Waals surface area (Å²) in [6, 6.07) is 8.82. The number of benzene rings is 1. The molecule has 0 saturated heterocycles. The van der Waals surface area contributed by atoms with Gasteiger partial charge in [-0.25, -0.2) is 4.79 Å². The SMILES string of the molecule is O=C(O)NC(=O)Sc1ccccc1. The van der Waals surface area contributed by atoms with Gasteiger partial charge in [0.2, 0.25) is 0 Å². The highest BCUT2D eigenvalue weighted by atomic mass is 32.2. The number of hydrogen-bond donors (Lipinski definition) is 2. The monoisotopic (exact) mass is 197 g/mol. The average Bonchev–Trinajstić information content (AvgIpc) is 2.04. The first-order valence-corrected chi connectivity index (χ1v) is 4.27. The van der Waals surface area contributed by atoms with Gasteiger partial charge in [0, 0.05) is 4.90 Å². The molecule has 2 amide bonds. The van der Waals surface area contributed by atoms with E-state index in [2.05, 4.69) is 0 Å². The largest absolute Gasteiger partial charge is 0.465 e. The Labute approximate surface area is 79.0 Å². The molecule has 1 aromatic rings. The van der Waals surface area contributed by atoms with Crippen molar-refractivity contribution in [2.45, 2.75) is 4.90 Å². The summed E-state index contributed by atoms with van der Waals surface area (Å²) in [5.74, 6) is 0. The molecule has 13 heavy (non-hydrogen) atoms. The number of imide groups is 1. The van der Waals surface area contributed by atoms with Crippen LogP contribution in [0.4, 0.5) is 9.59 Å². The van der Waals surface area contributed by atoms with Crippen LogP contribution >= 0.6 is 11.8 Å². The van der Waals surface area contributed by atoms with Crippen molar-refractivity contribution >= 4 is 23.1 Å². The maximum atomic E-state index is 10.9. The molecule has 5 heteroatoms. The predicted octanol–water partition coefficient (Wildman–Crippen LogP) is 2.17. The molecule has 2 N–H and O–H groups in total. The van der Waals surface area contributed by atoms with Gasteiger partial charge >= 0.3 is 6.09 Å². The van der Waals surface area contributed by atoms with Crippen molar-refractivity contribution in [3.8, 4) is 0 Å². The van der Waals surface area contributed by atoms with E-state index in [0.29, 0.717) is 4.90 Å². The normalized spacial score (nSPS) is 9.23. The second-order valence-corrected chi connectivity index (χ2v) is 3.18. The molecule has 0 aliphatic carbocycles. The number of carboxylic acid groups (broad SMARTS) is 1. The van der Waals surface area contributed by atoms with Gasteiger partial charge in [-0.15, -0.1) is 0 Å². The van der Waals surface area contributed by atoms with E-state index in [9.17, 15) is 9.59 Å². The summed E-state index contributed by atoms with van der Waals surface area (Å²) in [4.78, 5) is 21.7. The summed E-state index contributed by atoms with van der Waals surface area (Å²) in [6.45, 7) is 0. The van der Waals surface area contributed by atoms with Crippen LogP contribution in [-0.2, 0) is 0 Å². The van der Waals surface area contributed by atoms with Crippen LogP contribution in [0.3, 0.4) is 0 Å². The van der Waals surface area contributed by atoms with Crippen LogP contribution in [0, 0.1) is 0 Å². The topological polar surface area (TPSA) is 66.4 Å². The molecule has 0 unspecified atom stereocenters. The van der Waals surface area contributed by atoms with Gasteiger partial charge in [-0.05, 0) is 23.9 Å². The molecule has 68 valence electrons. The van der Waals surface area contributed by atoms with Crippen molar-refractivity contribution in [1.82, 2.24) is 5.32 Å². The molecule has 0 fully saturated rings. The van der Waals surface area contributed by atoms with E-state index in [1.165, 1.54) is 0 Å². The van der Waals surface area contributed by atoms with Crippen LogP contribution in [0.5, 0.6) is 0 Å². The number of carbonyl (C=O) groups excluding carboxylic acids is 1. The van der Waals surface area contributed by atoms with Crippen LogP contribution in [0.2, 0.25) is 0 Å². The lowest BCUT2D eigenvalue weighted by Crippen LogP contribution is -2.24. The molecule has 0 saturated carbocycles. The fourth-order valence-corrected chi connectivity index (χ4v) is 1.35. The molecule has 0 spiro atoms. The van der Waals surface area contributed by atoms with Crippen molar-refractivity contribution < 1.29 is 14.7 Å². The second-order valence-electron chi connectivity index (χ2n) is 2.13. The Kier molecular flexibility index (Phi) is 3.33. The van der Waals surface area contributed by atoms with Crippen molar-refractivity contribution in [1.29, 1.82) is 0 Å². The van der Waals surface area contributed by atoms with Crippen molar-refractivity contribution in [3.63, 3.8) is 0 Å². The van der Waals surface area contributed by atoms with Crippen molar-refractivity contribution in [2.24, 2.45) is 0 Å². The number of thioether (sulfide) groups is 1. The van der Waals surface area contributed by atoms with Crippen LogP contribution < -0.4 is 5.32 Å². The zero-order chi connectivity index (χ0) is 9.68. The number of rotatable bonds is 1. The maximum Gasteiger partial charge on any atom is 0.412 e. The van der Waals surface area contributed by atoms with Gasteiger partial charge in [0.1, 0.15) is 0 Å². The predicted molar refractivity (Wildman–Crippen MR) is 48.9 cm³/mol. The lowest BCUT2D eigenvalue weighted by molar-refractivity contribution is 0.195. The van der Waals surface area contributed by atoms with Gasteiger partial charge in [-0.2, -0.15) is 0 Å². The molecule has 0 aliphatic rings. The highest BCUT2D eigenvalue weighted by Crippen LogP contribution is 2.16. The maximum absolute atomic E-state index is 10.9. The summed E-state index contributed by atoms with van der Waals surface area (Å²) in [6.07, 6.45) is -1.34. The Morgan fingerprint density at radius 3 is 2.38 bits per heavy atom. The third-order valence-corrected chi connectivity index (χ3v) is 1.96. The van der Waals surface area contributed by atoms with Gasteiger partial charge in [-0.1, -0.05) is 18.2 Å². The Morgan fingerprint density at radius 2 is 1.85 bits per heavy atom. The third-order valence-electron chi connectivity index (χ3n) is 1.16. The van der Waals surface area contributed by atoms with E-state index in [-0.39, 0.29) is 0 Å². The summed E-state index contributed by atoms with van der Waals surface area (Å²) in [5.41, 5.74) is 0. The van der Waals surface area contributed by atoms with Crippen molar-refractivity contribution in [3.05, 3.63) is 30.3 Å². The van der Waals surface area contributed by atoms with Gasteiger partial charge in [0.25, 0.3) is 5.24 Å². The molecule has 0 aromatic heterocycles. The minimum absolute atomic E-state index is 0.598. The molecule has 0 atom stereocenters. The summed E-state index contributed by atoms with van der Waals surface area (Å²) in [5, 5.41) is 9.35. The smallest absolute Gasteiger partial charge is 0.412 e. The Morgan fingerprint density at radius 1 is 1.23 bits per heavy atom. The first-order chi connectivity index (χ1) is 6.18. The standard InChI is InChI=1S/C8H7NO3S/c10-7(11)9-8(12)13-6-4-2-1-3-5-6/h1-5H,(H,9,12)(H,10,11). The Bertz CT molecular complexity index is 312. The second kappa shape index (κ2) is 4.51. The molecular weight excluding hydrogens is 190 g/mol. The lowest BCUT2D eigenvalue weighted by atomic mass is 10.4. The highest BCUT2D eigenvalue weighted by Gasteiger charge is 2.06. The molecule has 1 rings (SSSR count). The molecule has 0 aliphatic heterocycles. The van der Waals surface area contributed by atoms with Gasteiger partial charge < -0.3 is 5.11 Å². The lowest BCUT2D eigenvalue weighted by Gasteiger charge is -1.98. The van der Waals surface area contributed by atoms with Crippen LogP contribution in [0.1, 0.15) is 0 Å². The fraction of sp³-hybridized carbons (Fsp3) is 0. The van der Waals surface area contributed by atoms with E-state index in [1.54, 1.807) is 29.6 Å². The Balaban J connectivity index is 2.50. The zero-order valence-corrected chi connectivity index (χ0v) is 7.38. The van der Waals surface area contributed by atoms with E-state index in [0.717, 1.165) is 11.8 Å². The summed E-state index contributed by atoms with van der Waals surface area (Å²) < 4.78 is 0. The molecule has 4 nitrogen and oxygen atoms in total. The number of hydrogen-bond acceptors (Lipinski definition) is 3. The quantitative estimate of drug-likeness (QED) is 0.677. The third kappa shape index (κ3) is 3.62. The van der Waals surface area contributed by atoms with E-state index in [4.69, 9.17) is 5.11 Å². The fourth-order valence-electron chi connectivity index (χ4n) is 0.708. The minimum Gasteiger partial charge on any atom is -0.465 e. The molecule has 0 radical (unpaired) electrons. The number of carbonyl (C=O) groups is 2.